The van der Waals surface area contributed by atoms with Crippen LogP contribution in [0.25, 0.3) is 5.76 Å². The number of ketones is 1. The van der Waals surface area contributed by atoms with E-state index in [1.54, 1.807) is 29.2 Å². The van der Waals surface area contributed by atoms with Gasteiger partial charge >= 0.3 is 0 Å². The normalized spacial score (nSPS) is 19.4. The third-order valence-electron chi connectivity index (χ3n) is 7.15. The fraction of sp³-hybridized carbons (Fsp3) is 0.484. The first-order valence-electron chi connectivity index (χ1n) is 14.1. The van der Waals surface area contributed by atoms with Crippen molar-refractivity contribution in [1.82, 2.24) is 9.80 Å². The molecule has 2 aromatic carbocycles. The predicted molar refractivity (Wildman–Crippen MR) is 150 cm³/mol. The number of likely N-dealkylation sites (tertiary alicyclic amines) is 1. The van der Waals surface area contributed by atoms with Gasteiger partial charge in [-0.15, -0.1) is 0 Å². The molecule has 2 aromatic rings. The zero-order valence-corrected chi connectivity index (χ0v) is 23.1. The number of ether oxygens (including phenoxy) is 3. The first-order chi connectivity index (χ1) is 19.0. The van der Waals surface area contributed by atoms with Gasteiger partial charge < -0.3 is 24.2 Å². The molecule has 0 radical (unpaired) electrons. The number of rotatable bonds is 13. The van der Waals surface area contributed by atoms with Crippen molar-refractivity contribution in [2.24, 2.45) is 0 Å². The van der Waals surface area contributed by atoms with Crippen LogP contribution in [0, 0.1) is 0 Å². The van der Waals surface area contributed by atoms with Crippen LogP contribution in [0.4, 0.5) is 0 Å². The fourth-order valence-corrected chi connectivity index (χ4v) is 5.11. The largest absolute Gasteiger partial charge is 0.507 e. The first kappa shape index (κ1) is 28.6. The Balaban J connectivity index is 1.67. The van der Waals surface area contributed by atoms with Gasteiger partial charge in [0, 0.05) is 31.7 Å². The molecule has 0 aromatic heterocycles. The molecule has 1 amide bonds. The van der Waals surface area contributed by atoms with Gasteiger partial charge in [0.05, 0.1) is 38.0 Å². The molecule has 1 unspecified atom stereocenters. The van der Waals surface area contributed by atoms with Gasteiger partial charge in [0.25, 0.3) is 11.7 Å². The molecule has 2 fully saturated rings. The number of carbonyl (C=O) groups excluding carboxylic acids is 2. The van der Waals surface area contributed by atoms with Gasteiger partial charge in [-0.3, -0.25) is 14.5 Å². The highest BCUT2D eigenvalue weighted by atomic mass is 16.5. The highest BCUT2D eigenvalue weighted by molar-refractivity contribution is 6.46. The third-order valence-corrected chi connectivity index (χ3v) is 7.15. The average Bonchev–Trinajstić information content (AvgIpc) is 3.22. The maximum atomic E-state index is 13.4. The molecule has 1 N–H and O–H groups in total. The minimum Gasteiger partial charge on any atom is -0.507 e. The number of aliphatic hydroxyl groups is 1. The summed E-state index contributed by atoms with van der Waals surface area (Å²) in [4.78, 5) is 30.6. The fourth-order valence-electron chi connectivity index (χ4n) is 5.11. The van der Waals surface area contributed by atoms with Crippen molar-refractivity contribution in [3.05, 3.63) is 65.2 Å². The molecule has 0 spiro atoms. The summed E-state index contributed by atoms with van der Waals surface area (Å²) in [5.74, 6) is -0.260. The summed E-state index contributed by atoms with van der Waals surface area (Å²) < 4.78 is 17.4. The smallest absolute Gasteiger partial charge is 0.295 e. The molecule has 2 aliphatic heterocycles. The molecule has 0 bridgehead atoms. The van der Waals surface area contributed by atoms with Crippen LogP contribution >= 0.6 is 0 Å². The summed E-state index contributed by atoms with van der Waals surface area (Å²) in [6, 6.07) is 13.7. The molecule has 2 heterocycles. The second-order valence-electron chi connectivity index (χ2n) is 9.86. The Hall–Kier alpha value is -3.36. The molecule has 4 rings (SSSR count). The second kappa shape index (κ2) is 14.1. The topological polar surface area (TPSA) is 88.5 Å². The van der Waals surface area contributed by atoms with Gasteiger partial charge in [-0.1, -0.05) is 56.2 Å². The third kappa shape index (κ3) is 6.99. The zero-order valence-electron chi connectivity index (χ0n) is 23.1. The lowest BCUT2D eigenvalue weighted by Crippen LogP contribution is -2.39. The van der Waals surface area contributed by atoms with Crippen molar-refractivity contribution >= 4 is 17.4 Å². The molecule has 39 heavy (non-hydrogen) atoms. The van der Waals surface area contributed by atoms with Gasteiger partial charge in [-0.25, -0.2) is 0 Å². The number of carbonyl (C=O) groups is 2. The van der Waals surface area contributed by atoms with Gasteiger partial charge in [-0.05, 0) is 37.5 Å². The number of benzene rings is 2. The highest BCUT2D eigenvalue weighted by Gasteiger charge is 2.46. The maximum Gasteiger partial charge on any atom is 0.295 e. The molecular weight excluding hydrogens is 496 g/mol. The van der Waals surface area contributed by atoms with Crippen LogP contribution in [0.2, 0.25) is 0 Å². The van der Waals surface area contributed by atoms with E-state index in [9.17, 15) is 14.7 Å². The zero-order chi connectivity index (χ0) is 27.6. The number of unbranched alkanes of at least 4 members (excludes halogenated alkanes) is 2. The Morgan fingerprint density at radius 3 is 2.44 bits per heavy atom. The number of hydrogen-bond acceptors (Lipinski definition) is 7. The summed E-state index contributed by atoms with van der Waals surface area (Å²) in [5.41, 5.74) is 1.29. The monoisotopic (exact) mass is 536 g/mol. The first-order valence-corrected chi connectivity index (χ1v) is 14.1. The van der Waals surface area contributed by atoms with E-state index in [1.807, 2.05) is 31.2 Å². The number of hydrogen-bond donors (Lipinski definition) is 1. The minimum atomic E-state index is -0.733. The van der Waals surface area contributed by atoms with Crippen molar-refractivity contribution in [2.45, 2.75) is 45.6 Å². The standard InChI is InChI=1S/C31H40N2O6/c1-3-5-9-19-39-25-14-13-24(22-26(25)38-4-2)28-27(29(34)23-11-7-6-8-12-23)30(35)31(36)33(28)16-10-15-32-17-20-37-21-18-32/h6-8,11-14,22,28,34H,3-5,9-10,15-21H2,1-2H3/b29-27+. The highest BCUT2D eigenvalue weighted by Crippen LogP contribution is 2.42. The number of Topliss-reactive ketones (excluding diaryl/α,β-unsaturated/α-hetero) is 1. The number of amides is 1. The Kier molecular flexibility index (Phi) is 10.4. The van der Waals surface area contributed by atoms with Crippen LogP contribution in [0.5, 0.6) is 11.5 Å². The predicted octanol–water partition coefficient (Wildman–Crippen LogP) is 4.80. The molecular formula is C31H40N2O6. The van der Waals surface area contributed by atoms with E-state index in [4.69, 9.17) is 14.2 Å². The van der Waals surface area contributed by atoms with E-state index >= 15 is 0 Å². The molecule has 210 valence electrons. The van der Waals surface area contributed by atoms with E-state index in [2.05, 4.69) is 11.8 Å². The van der Waals surface area contributed by atoms with E-state index in [-0.39, 0.29) is 11.3 Å². The molecule has 0 saturated carbocycles. The van der Waals surface area contributed by atoms with Crippen molar-refractivity contribution in [1.29, 1.82) is 0 Å². The van der Waals surface area contributed by atoms with Crippen LogP contribution in [0.15, 0.2) is 54.1 Å². The molecule has 8 nitrogen and oxygen atoms in total. The summed E-state index contributed by atoms with van der Waals surface area (Å²) in [5, 5.41) is 11.3. The van der Waals surface area contributed by atoms with Gasteiger partial charge in [0.15, 0.2) is 11.5 Å². The van der Waals surface area contributed by atoms with Crippen LogP contribution in [-0.2, 0) is 14.3 Å². The Morgan fingerprint density at radius 2 is 1.72 bits per heavy atom. The van der Waals surface area contributed by atoms with Crippen LogP contribution in [-0.4, -0.2) is 79.2 Å². The van der Waals surface area contributed by atoms with Gasteiger partial charge in [0.2, 0.25) is 0 Å². The van der Waals surface area contributed by atoms with Crippen molar-refractivity contribution in [3.8, 4) is 11.5 Å². The van der Waals surface area contributed by atoms with E-state index in [0.717, 1.165) is 38.9 Å². The van der Waals surface area contributed by atoms with E-state index in [0.29, 0.717) is 62.0 Å². The van der Waals surface area contributed by atoms with Crippen LogP contribution < -0.4 is 9.47 Å². The van der Waals surface area contributed by atoms with Gasteiger partial charge in [-0.2, -0.15) is 0 Å². The van der Waals surface area contributed by atoms with Crippen molar-refractivity contribution in [3.63, 3.8) is 0 Å². The molecule has 8 heteroatoms. The summed E-state index contributed by atoms with van der Waals surface area (Å²) in [6.07, 6.45) is 3.84. The lowest BCUT2D eigenvalue weighted by Gasteiger charge is -2.29. The van der Waals surface area contributed by atoms with Crippen molar-refractivity contribution < 1.29 is 28.9 Å². The summed E-state index contributed by atoms with van der Waals surface area (Å²) >= 11 is 0. The van der Waals surface area contributed by atoms with E-state index in [1.165, 1.54) is 0 Å². The molecule has 2 saturated heterocycles. The summed E-state index contributed by atoms with van der Waals surface area (Å²) in [7, 11) is 0. The molecule has 0 aliphatic carbocycles. The lowest BCUT2D eigenvalue weighted by atomic mass is 9.95. The number of morpholine rings is 1. The van der Waals surface area contributed by atoms with Crippen LogP contribution in [0.3, 0.4) is 0 Å². The Labute approximate surface area is 231 Å². The van der Waals surface area contributed by atoms with E-state index < -0.39 is 17.7 Å². The Bertz CT molecular complexity index is 1140. The van der Waals surface area contributed by atoms with Crippen LogP contribution in [0.1, 0.15) is 56.7 Å². The lowest BCUT2D eigenvalue weighted by molar-refractivity contribution is -0.140. The summed E-state index contributed by atoms with van der Waals surface area (Å²) in [6.45, 7) is 9.38. The SMILES string of the molecule is CCCCCOc1ccc(C2/C(=C(\O)c3ccccc3)C(=O)C(=O)N2CCCN2CCOCC2)cc1OCC. The number of aliphatic hydroxyl groups excluding tert-OH is 1. The molecule has 2 aliphatic rings. The van der Waals surface area contributed by atoms with Crippen molar-refractivity contribution in [2.75, 3.05) is 52.6 Å². The quantitative estimate of drug-likeness (QED) is 0.170. The minimum absolute atomic E-state index is 0.0941. The number of nitrogens with zero attached hydrogens (tertiary/aromatic N) is 2. The molecule has 1 atom stereocenters. The van der Waals surface area contributed by atoms with Gasteiger partial charge in [0.1, 0.15) is 5.76 Å². The maximum absolute atomic E-state index is 13.4. The average molecular weight is 537 g/mol. The Morgan fingerprint density at radius 1 is 0.949 bits per heavy atom. The second-order valence-corrected chi connectivity index (χ2v) is 9.86.